The molecule has 5 nitrogen and oxygen atoms in total. The van der Waals surface area contributed by atoms with Gasteiger partial charge in [0, 0.05) is 13.6 Å². The maximum absolute atomic E-state index is 10.6. The second kappa shape index (κ2) is 4.66. The summed E-state index contributed by atoms with van der Waals surface area (Å²) < 4.78 is 22.3. The van der Waals surface area contributed by atoms with Gasteiger partial charge in [0.1, 0.15) is 0 Å². The fourth-order valence-corrected chi connectivity index (χ4v) is 0.990. The van der Waals surface area contributed by atoms with E-state index in [0.717, 1.165) is 17.1 Å². The Kier molecular flexibility index (Phi) is 4.58. The van der Waals surface area contributed by atoms with E-state index in [2.05, 4.69) is 0 Å². The molecule has 0 amide bonds. The molecule has 0 fully saturated rings. The Labute approximate surface area is 67.5 Å². The van der Waals surface area contributed by atoms with E-state index in [4.69, 9.17) is 10.9 Å². The van der Waals surface area contributed by atoms with Gasteiger partial charge in [0.25, 0.3) is 10.2 Å². The van der Waals surface area contributed by atoms with Crippen LogP contribution in [0.4, 0.5) is 0 Å². The smallest absolute Gasteiger partial charge is 0.276 e. The second-order valence-corrected chi connectivity index (χ2v) is 4.02. The van der Waals surface area contributed by atoms with Gasteiger partial charge in [-0.05, 0) is 19.4 Å². The Hall–Kier alpha value is -0.170. The molecule has 0 saturated heterocycles. The number of nitrogens with two attached hydrogens (primary N) is 2. The molecule has 0 bridgehead atoms. The van der Waals surface area contributed by atoms with Crippen LogP contribution < -0.4 is 10.9 Å². The van der Waals surface area contributed by atoms with Crippen molar-refractivity contribution in [3.8, 4) is 0 Å². The highest BCUT2D eigenvalue weighted by atomic mass is 32.2. The maximum atomic E-state index is 10.6. The molecule has 0 aromatic carbocycles. The molecule has 0 aromatic rings. The maximum Gasteiger partial charge on any atom is 0.276 e. The summed E-state index contributed by atoms with van der Waals surface area (Å²) in [5, 5.41) is 4.83. The zero-order valence-corrected chi connectivity index (χ0v) is 7.47. The van der Waals surface area contributed by atoms with Crippen molar-refractivity contribution in [1.29, 1.82) is 0 Å². The lowest BCUT2D eigenvalue weighted by molar-refractivity contribution is 0.458. The zero-order valence-electron chi connectivity index (χ0n) is 6.66. The molecule has 0 aliphatic heterocycles. The average Bonchev–Trinajstić information content (AvgIpc) is 1.86. The Balaban J connectivity index is 3.62. The monoisotopic (exact) mass is 181 g/mol. The summed E-state index contributed by atoms with van der Waals surface area (Å²) in [6.07, 6.45) is 1.57. The first kappa shape index (κ1) is 10.8. The highest BCUT2D eigenvalue weighted by molar-refractivity contribution is 7.86. The Morgan fingerprint density at radius 2 is 1.91 bits per heavy atom. The molecule has 0 saturated carbocycles. The zero-order chi connectivity index (χ0) is 8.91. The molecule has 0 rings (SSSR count). The summed E-state index contributed by atoms with van der Waals surface area (Å²) in [6, 6.07) is 0. The van der Waals surface area contributed by atoms with Crippen LogP contribution in [0.2, 0.25) is 0 Å². The molecule has 68 valence electrons. The highest BCUT2D eigenvalue weighted by Crippen LogP contribution is 1.93. The van der Waals surface area contributed by atoms with Crippen LogP contribution in [0.15, 0.2) is 0 Å². The van der Waals surface area contributed by atoms with E-state index < -0.39 is 10.2 Å². The van der Waals surface area contributed by atoms with Gasteiger partial charge in [-0.1, -0.05) is 0 Å². The van der Waals surface area contributed by atoms with Crippen molar-refractivity contribution in [1.82, 2.24) is 4.31 Å². The van der Waals surface area contributed by atoms with Gasteiger partial charge in [-0.3, -0.25) is 0 Å². The van der Waals surface area contributed by atoms with E-state index in [1.54, 1.807) is 0 Å². The van der Waals surface area contributed by atoms with Crippen molar-refractivity contribution < 1.29 is 8.42 Å². The predicted octanol–water partition coefficient (Wildman–Crippen LogP) is -1.14. The standard InChI is InChI=1S/C5H15N3O2S/c1-8(11(7,9)10)5-3-2-4-6/h2-6H2,1H3,(H2,7,9,10). The van der Waals surface area contributed by atoms with Gasteiger partial charge in [-0.25, -0.2) is 5.14 Å². The van der Waals surface area contributed by atoms with E-state index in [-0.39, 0.29) is 0 Å². The van der Waals surface area contributed by atoms with Crippen LogP contribution in [0.3, 0.4) is 0 Å². The van der Waals surface area contributed by atoms with Crippen molar-refractivity contribution in [2.24, 2.45) is 10.9 Å². The number of rotatable bonds is 5. The van der Waals surface area contributed by atoms with E-state index in [1.807, 2.05) is 0 Å². The van der Waals surface area contributed by atoms with Crippen molar-refractivity contribution in [2.45, 2.75) is 12.8 Å². The van der Waals surface area contributed by atoms with Gasteiger partial charge >= 0.3 is 0 Å². The van der Waals surface area contributed by atoms with Crippen molar-refractivity contribution in [2.75, 3.05) is 20.1 Å². The van der Waals surface area contributed by atoms with Crippen molar-refractivity contribution in [3.63, 3.8) is 0 Å². The average molecular weight is 181 g/mol. The normalized spacial score (nSPS) is 12.4. The molecular weight excluding hydrogens is 166 g/mol. The first-order chi connectivity index (χ1) is 4.98. The molecular formula is C5H15N3O2S. The Morgan fingerprint density at radius 3 is 2.27 bits per heavy atom. The number of hydrogen-bond donors (Lipinski definition) is 2. The SMILES string of the molecule is CN(CCCCN)S(N)(=O)=O. The summed E-state index contributed by atoms with van der Waals surface area (Å²) in [7, 11) is -2.04. The van der Waals surface area contributed by atoms with Crippen LogP contribution in [-0.2, 0) is 10.2 Å². The number of nitrogens with zero attached hydrogens (tertiary/aromatic N) is 1. The lowest BCUT2D eigenvalue weighted by atomic mass is 10.3. The highest BCUT2D eigenvalue weighted by Gasteiger charge is 2.09. The molecule has 0 spiro atoms. The van der Waals surface area contributed by atoms with E-state index in [9.17, 15) is 8.42 Å². The predicted molar refractivity (Wildman–Crippen MR) is 44.0 cm³/mol. The van der Waals surface area contributed by atoms with E-state index in [1.165, 1.54) is 7.05 Å². The second-order valence-electron chi connectivity index (χ2n) is 2.36. The fourth-order valence-electron chi connectivity index (χ4n) is 0.606. The van der Waals surface area contributed by atoms with Gasteiger partial charge in [0.05, 0.1) is 0 Å². The molecule has 0 heterocycles. The topological polar surface area (TPSA) is 89.4 Å². The third kappa shape index (κ3) is 5.14. The fraction of sp³-hybridized carbons (Fsp3) is 1.00. The van der Waals surface area contributed by atoms with Crippen LogP contribution >= 0.6 is 0 Å². The van der Waals surface area contributed by atoms with Crippen LogP contribution in [0.5, 0.6) is 0 Å². The molecule has 0 atom stereocenters. The van der Waals surface area contributed by atoms with E-state index >= 15 is 0 Å². The first-order valence-electron chi connectivity index (χ1n) is 3.42. The molecule has 0 unspecified atom stereocenters. The van der Waals surface area contributed by atoms with Crippen molar-refractivity contribution >= 4 is 10.2 Å². The third-order valence-corrected chi connectivity index (χ3v) is 2.41. The molecule has 0 radical (unpaired) electrons. The summed E-state index contributed by atoms with van der Waals surface area (Å²) >= 11 is 0. The quantitative estimate of drug-likeness (QED) is 0.525. The van der Waals surface area contributed by atoms with Crippen molar-refractivity contribution in [3.05, 3.63) is 0 Å². The summed E-state index contributed by atoms with van der Waals surface area (Å²) in [4.78, 5) is 0. The lowest BCUT2D eigenvalue weighted by Crippen LogP contribution is -2.34. The number of hydrogen-bond acceptors (Lipinski definition) is 3. The van der Waals surface area contributed by atoms with Gasteiger partial charge in [0.15, 0.2) is 0 Å². The van der Waals surface area contributed by atoms with E-state index in [0.29, 0.717) is 13.1 Å². The van der Waals surface area contributed by atoms with Gasteiger partial charge < -0.3 is 5.73 Å². The van der Waals surface area contributed by atoms with Crippen LogP contribution in [-0.4, -0.2) is 32.9 Å². The van der Waals surface area contributed by atoms with Gasteiger partial charge in [-0.15, -0.1) is 0 Å². The largest absolute Gasteiger partial charge is 0.330 e. The molecule has 0 aliphatic rings. The van der Waals surface area contributed by atoms with Crippen LogP contribution in [0, 0.1) is 0 Å². The first-order valence-corrected chi connectivity index (χ1v) is 4.93. The summed E-state index contributed by atoms with van der Waals surface area (Å²) in [5.74, 6) is 0. The summed E-state index contributed by atoms with van der Waals surface area (Å²) in [6.45, 7) is 1.02. The molecule has 0 aromatic heterocycles. The molecule has 0 aliphatic carbocycles. The van der Waals surface area contributed by atoms with Crippen LogP contribution in [0.1, 0.15) is 12.8 Å². The molecule has 11 heavy (non-hydrogen) atoms. The Morgan fingerprint density at radius 1 is 1.36 bits per heavy atom. The number of unbranched alkanes of at least 4 members (excludes halogenated alkanes) is 1. The minimum Gasteiger partial charge on any atom is -0.330 e. The Bertz CT molecular complexity index is 190. The third-order valence-electron chi connectivity index (χ3n) is 1.36. The summed E-state index contributed by atoms with van der Waals surface area (Å²) in [5.41, 5.74) is 5.22. The van der Waals surface area contributed by atoms with Gasteiger partial charge in [0.2, 0.25) is 0 Å². The molecule has 6 heteroatoms. The lowest BCUT2D eigenvalue weighted by Gasteiger charge is -2.12. The van der Waals surface area contributed by atoms with Crippen LogP contribution in [0.25, 0.3) is 0 Å². The molecule has 4 N–H and O–H groups in total. The minimum atomic E-state index is -3.49. The minimum absolute atomic E-state index is 0.441. The van der Waals surface area contributed by atoms with Gasteiger partial charge in [-0.2, -0.15) is 12.7 Å².